The van der Waals surface area contributed by atoms with Gasteiger partial charge in [0.2, 0.25) is 0 Å². The van der Waals surface area contributed by atoms with Gasteiger partial charge in [-0.3, -0.25) is 0 Å². The average Bonchev–Trinajstić information content (AvgIpc) is 2.37. The molecule has 92 valence electrons. The molecule has 0 spiro atoms. The smallest absolute Gasteiger partial charge is 0.189 e. The zero-order valence-electron chi connectivity index (χ0n) is 8.64. The number of halogens is 4. The second-order valence-electron chi connectivity index (χ2n) is 3.58. The molecule has 1 aliphatic heterocycles. The Morgan fingerprint density at radius 3 is 2.28 bits per heavy atom. The van der Waals surface area contributed by atoms with Gasteiger partial charge in [-0.05, 0) is 56.1 Å². The van der Waals surface area contributed by atoms with Gasteiger partial charge in [-0.1, -0.05) is 23.2 Å². The Labute approximate surface area is 130 Å². The first kappa shape index (κ1) is 12.6. The van der Waals surface area contributed by atoms with E-state index in [2.05, 4.69) is 31.9 Å². The van der Waals surface area contributed by atoms with Crippen LogP contribution < -0.4 is 9.47 Å². The quantitative estimate of drug-likeness (QED) is 0.426. The molecule has 0 saturated carbocycles. The third-order valence-corrected chi connectivity index (χ3v) is 4.70. The lowest BCUT2D eigenvalue weighted by Gasteiger charge is -2.23. The van der Waals surface area contributed by atoms with Gasteiger partial charge in [-0.25, -0.2) is 0 Å². The predicted molar refractivity (Wildman–Crippen MR) is 78.5 cm³/mol. The van der Waals surface area contributed by atoms with Gasteiger partial charge < -0.3 is 9.47 Å². The molecule has 1 heterocycles. The van der Waals surface area contributed by atoms with E-state index < -0.39 is 0 Å². The molecule has 0 bridgehead atoms. The number of benzene rings is 2. The van der Waals surface area contributed by atoms with Crippen LogP contribution in [0.3, 0.4) is 0 Å². The van der Waals surface area contributed by atoms with E-state index in [1.807, 2.05) is 0 Å². The van der Waals surface area contributed by atoms with Crippen molar-refractivity contribution in [3.05, 3.63) is 43.3 Å². The van der Waals surface area contributed by atoms with E-state index in [1.54, 1.807) is 24.3 Å². The van der Waals surface area contributed by atoms with Gasteiger partial charge in [0.05, 0.1) is 19.0 Å². The molecule has 2 nitrogen and oxygen atoms in total. The van der Waals surface area contributed by atoms with Crippen LogP contribution in [0.1, 0.15) is 0 Å². The minimum Gasteiger partial charge on any atom is -0.448 e. The lowest BCUT2D eigenvalue weighted by Crippen LogP contribution is -2.01. The van der Waals surface area contributed by atoms with Gasteiger partial charge in [0.1, 0.15) is 0 Å². The zero-order chi connectivity index (χ0) is 12.9. The summed E-state index contributed by atoms with van der Waals surface area (Å²) in [4.78, 5) is 0. The molecule has 0 atom stereocenters. The third-order valence-electron chi connectivity index (χ3n) is 2.45. The van der Waals surface area contributed by atoms with E-state index in [9.17, 15) is 0 Å². The second kappa shape index (κ2) is 4.60. The van der Waals surface area contributed by atoms with E-state index in [0.29, 0.717) is 37.5 Å². The van der Waals surface area contributed by atoms with Crippen molar-refractivity contribution in [3.63, 3.8) is 0 Å². The molecule has 0 fully saturated rings. The van der Waals surface area contributed by atoms with Crippen LogP contribution in [0.2, 0.25) is 10.0 Å². The van der Waals surface area contributed by atoms with Crippen molar-refractivity contribution < 1.29 is 9.47 Å². The molecule has 2 aromatic rings. The van der Waals surface area contributed by atoms with Crippen LogP contribution in [0.5, 0.6) is 23.0 Å². The molecule has 2 aromatic carbocycles. The molecular weight excluding hydrogens is 407 g/mol. The highest BCUT2D eigenvalue weighted by molar-refractivity contribution is 9.11. The topological polar surface area (TPSA) is 18.5 Å². The van der Waals surface area contributed by atoms with Crippen LogP contribution in [0.4, 0.5) is 0 Å². The largest absolute Gasteiger partial charge is 0.448 e. The minimum absolute atomic E-state index is 0.474. The first-order valence-corrected chi connectivity index (χ1v) is 7.24. The maximum Gasteiger partial charge on any atom is 0.189 e. The van der Waals surface area contributed by atoms with Crippen LogP contribution in [0, 0.1) is 0 Å². The molecule has 3 rings (SSSR count). The highest BCUT2D eigenvalue weighted by Crippen LogP contribution is 2.54. The Morgan fingerprint density at radius 1 is 0.778 bits per heavy atom. The molecule has 18 heavy (non-hydrogen) atoms. The number of rotatable bonds is 0. The van der Waals surface area contributed by atoms with Gasteiger partial charge in [-0.2, -0.15) is 0 Å². The van der Waals surface area contributed by atoms with Crippen LogP contribution in [-0.4, -0.2) is 0 Å². The number of ether oxygens (including phenoxy) is 2. The summed E-state index contributed by atoms with van der Waals surface area (Å²) in [5, 5.41) is 1.03. The molecule has 6 heteroatoms. The predicted octanol–water partition coefficient (Wildman–Crippen LogP) is 6.42. The highest BCUT2D eigenvalue weighted by Gasteiger charge is 2.26. The van der Waals surface area contributed by atoms with Crippen molar-refractivity contribution >= 4 is 55.1 Å². The summed E-state index contributed by atoms with van der Waals surface area (Å²) in [6.07, 6.45) is 0. The summed E-state index contributed by atoms with van der Waals surface area (Å²) in [5.41, 5.74) is 0. The van der Waals surface area contributed by atoms with Crippen LogP contribution >= 0.6 is 55.1 Å². The minimum atomic E-state index is 0.474. The average molecular weight is 411 g/mol. The first-order valence-electron chi connectivity index (χ1n) is 4.89. The van der Waals surface area contributed by atoms with E-state index in [1.165, 1.54) is 0 Å². The monoisotopic (exact) mass is 408 g/mol. The fraction of sp³-hybridized carbons (Fsp3) is 0. The Hall–Kier alpha value is -0.420. The van der Waals surface area contributed by atoms with Crippen molar-refractivity contribution in [2.24, 2.45) is 0 Å². The summed E-state index contributed by atoms with van der Waals surface area (Å²) in [6, 6.07) is 7.02. The Morgan fingerprint density at radius 2 is 1.50 bits per heavy atom. The van der Waals surface area contributed by atoms with Crippen molar-refractivity contribution in [3.8, 4) is 23.0 Å². The van der Waals surface area contributed by atoms with E-state index in [-0.39, 0.29) is 0 Å². The maximum absolute atomic E-state index is 6.10. The molecule has 1 aliphatic rings. The lowest BCUT2D eigenvalue weighted by atomic mass is 10.2. The highest BCUT2D eigenvalue weighted by atomic mass is 79.9. The number of hydrogen-bond donors (Lipinski definition) is 0. The fourth-order valence-corrected chi connectivity index (χ4v) is 2.74. The van der Waals surface area contributed by atoms with Crippen LogP contribution in [0.15, 0.2) is 33.2 Å². The fourth-order valence-electron chi connectivity index (χ4n) is 1.61. The maximum atomic E-state index is 6.10. The second-order valence-corrected chi connectivity index (χ2v) is 6.04. The summed E-state index contributed by atoms with van der Waals surface area (Å²) >= 11 is 18.9. The van der Waals surface area contributed by atoms with Crippen LogP contribution in [-0.2, 0) is 0 Å². The third kappa shape index (κ3) is 1.92. The molecule has 0 aromatic heterocycles. The first-order chi connectivity index (χ1) is 8.58. The van der Waals surface area contributed by atoms with E-state index in [0.717, 1.165) is 4.47 Å². The zero-order valence-corrected chi connectivity index (χ0v) is 13.3. The summed E-state index contributed by atoms with van der Waals surface area (Å²) in [7, 11) is 0. The Balaban J connectivity index is 2.21. The summed E-state index contributed by atoms with van der Waals surface area (Å²) in [6.45, 7) is 0. The number of fused-ring (bicyclic) bond motifs is 2. The van der Waals surface area contributed by atoms with Crippen molar-refractivity contribution in [1.82, 2.24) is 0 Å². The normalized spacial score (nSPS) is 12.2. The van der Waals surface area contributed by atoms with Gasteiger partial charge in [-0.15, -0.1) is 0 Å². The van der Waals surface area contributed by atoms with Gasteiger partial charge in [0.15, 0.2) is 23.0 Å². The Bertz CT molecular complexity index is 659. The van der Waals surface area contributed by atoms with Crippen molar-refractivity contribution in [1.29, 1.82) is 0 Å². The molecule has 0 N–H and O–H groups in total. The molecule has 0 unspecified atom stereocenters. The van der Waals surface area contributed by atoms with Crippen LogP contribution in [0.25, 0.3) is 0 Å². The number of hydrogen-bond acceptors (Lipinski definition) is 2. The molecule has 0 aliphatic carbocycles. The summed E-state index contributed by atoms with van der Waals surface area (Å²) in [5.74, 6) is 2.14. The molecule has 0 radical (unpaired) electrons. The molecule has 0 saturated heterocycles. The Kier molecular flexibility index (Phi) is 3.22. The SMILES string of the molecule is Clc1ccc2c(c1Br)Oc1c(Cl)ccc(Br)c1O2. The van der Waals surface area contributed by atoms with E-state index >= 15 is 0 Å². The van der Waals surface area contributed by atoms with Crippen molar-refractivity contribution in [2.45, 2.75) is 0 Å². The van der Waals surface area contributed by atoms with Gasteiger partial charge in [0.25, 0.3) is 0 Å². The molecule has 0 amide bonds. The van der Waals surface area contributed by atoms with Gasteiger partial charge >= 0.3 is 0 Å². The summed E-state index contributed by atoms with van der Waals surface area (Å²) < 4.78 is 13.0. The molecular formula is C12H4Br2Cl2O2. The lowest BCUT2D eigenvalue weighted by molar-refractivity contribution is 0.356. The standard InChI is InChI=1S/C12H4Br2Cl2O2/c13-5-1-2-7(16)11-10(5)17-8-4-3-6(15)9(14)12(8)18-11/h1-4H. The van der Waals surface area contributed by atoms with Gasteiger partial charge in [0, 0.05) is 0 Å². The van der Waals surface area contributed by atoms with E-state index in [4.69, 9.17) is 32.7 Å². The van der Waals surface area contributed by atoms with Crippen molar-refractivity contribution in [2.75, 3.05) is 0 Å².